The van der Waals surface area contributed by atoms with Gasteiger partial charge in [0.25, 0.3) is 0 Å². The molecule has 0 radical (unpaired) electrons. The summed E-state index contributed by atoms with van der Waals surface area (Å²) < 4.78 is 25.5. The van der Waals surface area contributed by atoms with Crippen molar-refractivity contribution in [3.05, 3.63) is 51.6 Å². The maximum atomic E-state index is 13.6. The number of aryl methyl sites for hydroxylation is 1. The van der Waals surface area contributed by atoms with Gasteiger partial charge >= 0.3 is 0 Å². The van der Waals surface area contributed by atoms with Gasteiger partial charge in [-0.05, 0) is 37.7 Å². The van der Waals surface area contributed by atoms with Crippen LogP contribution in [0.1, 0.15) is 24.0 Å². The lowest BCUT2D eigenvalue weighted by Crippen LogP contribution is -2.10. The summed E-state index contributed by atoms with van der Waals surface area (Å²) in [5.41, 5.74) is 0.928. The molecule has 0 unspecified atom stereocenters. The third kappa shape index (κ3) is 3.84. The molecule has 108 valence electrons. The number of benzene rings is 1. The Morgan fingerprint density at radius 2 is 2.15 bits per heavy atom. The lowest BCUT2D eigenvalue weighted by molar-refractivity contribution is 0.287. The van der Waals surface area contributed by atoms with E-state index in [0.29, 0.717) is 6.54 Å². The first-order valence-electron chi connectivity index (χ1n) is 6.47. The summed E-state index contributed by atoms with van der Waals surface area (Å²) in [6, 6.07) is 6.57. The molecule has 0 aliphatic rings. The van der Waals surface area contributed by atoms with Gasteiger partial charge in [-0.3, -0.25) is 0 Å². The topological polar surface area (TPSA) is 34.4 Å². The summed E-state index contributed by atoms with van der Waals surface area (Å²) in [5.74, 6) is 1.52. The van der Waals surface area contributed by atoms with Crippen molar-refractivity contribution >= 4 is 15.9 Å². The van der Waals surface area contributed by atoms with Gasteiger partial charge in [-0.1, -0.05) is 22.9 Å². The van der Waals surface area contributed by atoms with Crippen LogP contribution in [0.3, 0.4) is 0 Å². The van der Waals surface area contributed by atoms with E-state index in [0.717, 1.165) is 28.1 Å². The predicted octanol–water partition coefficient (Wildman–Crippen LogP) is 4.18. The second-order valence-corrected chi connectivity index (χ2v) is 5.35. The molecule has 0 atom stereocenters. The van der Waals surface area contributed by atoms with E-state index in [2.05, 4.69) is 21.2 Å². The molecule has 0 aliphatic carbocycles. The summed E-state index contributed by atoms with van der Waals surface area (Å²) in [5, 5.41) is 3.19. The molecule has 0 fully saturated rings. The summed E-state index contributed by atoms with van der Waals surface area (Å²) in [6.07, 6.45) is 0. The fourth-order valence-corrected chi connectivity index (χ4v) is 2.15. The second-order valence-electron chi connectivity index (χ2n) is 4.44. The van der Waals surface area contributed by atoms with Crippen molar-refractivity contribution in [3.63, 3.8) is 0 Å². The highest BCUT2D eigenvalue weighted by Crippen LogP contribution is 2.24. The predicted molar refractivity (Wildman–Crippen MR) is 79.3 cm³/mol. The van der Waals surface area contributed by atoms with E-state index in [-0.39, 0.29) is 18.2 Å². The Balaban J connectivity index is 2.03. The maximum Gasteiger partial charge on any atom is 0.165 e. The van der Waals surface area contributed by atoms with E-state index in [4.69, 9.17) is 9.15 Å². The third-order valence-corrected chi connectivity index (χ3v) is 3.39. The molecule has 2 aromatic rings. The van der Waals surface area contributed by atoms with Crippen LogP contribution in [-0.4, -0.2) is 6.54 Å². The molecule has 3 nitrogen and oxygen atoms in total. The zero-order valence-electron chi connectivity index (χ0n) is 11.5. The van der Waals surface area contributed by atoms with Crippen molar-refractivity contribution in [3.8, 4) is 5.75 Å². The van der Waals surface area contributed by atoms with Gasteiger partial charge in [0, 0.05) is 10.0 Å². The van der Waals surface area contributed by atoms with Crippen molar-refractivity contribution in [1.82, 2.24) is 5.32 Å². The van der Waals surface area contributed by atoms with Crippen molar-refractivity contribution in [2.45, 2.75) is 27.0 Å². The van der Waals surface area contributed by atoms with Gasteiger partial charge in [-0.15, -0.1) is 0 Å². The highest BCUT2D eigenvalue weighted by molar-refractivity contribution is 9.10. The Morgan fingerprint density at radius 1 is 1.35 bits per heavy atom. The van der Waals surface area contributed by atoms with E-state index in [1.165, 1.54) is 6.07 Å². The molecule has 20 heavy (non-hydrogen) atoms. The van der Waals surface area contributed by atoms with Gasteiger partial charge in [0.2, 0.25) is 0 Å². The first-order chi connectivity index (χ1) is 9.60. The second kappa shape index (κ2) is 6.90. The highest BCUT2D eigenvalue weighted by Gasteiger charge is 2.10. The van der Waals surface area contributed by atoms with Crippen LogP contribution >= 0.6 is 15.9 Å². The monoisotopic (exact) mass is 341 g/mol. The van der Waals surface area contributed by atoms with Gasteiger partial charge in [-0.25, -0.2) is 4.39 Å². The first kappa shape index (κ1) is 15.1. The van der Waals surface area contributed by atoms with E-state index >= 15 is 0 Å². The summed E-state index contributed by atoms with van der Waals surface area (Å²) in [6.45, 7) is 5.77. The number of halogens is 2. The Labute approximate surface area is 126 Å². The minimum Gasteiger partial charge on any atom is -0.486 e. The molecule has 1 aromatic heterocycles. The van der Waals surface area contributed by atoms with Crippen LogP contribution in [0.2, 0.25) is 0 Å². The van der Waals surface area contributed by atoms with Crippen molar-refractivity contribution < 1.29 is 13.5 Å². The standard InChI is InChI=1S/C15H17BrFNO2/c1-3-18-8-13-6-11(10(2)20-13)9-19-15-7-12(16)4-5-14(15)17/h4-7,18H,3,8-9H2,1-2H3. The van der Waals surface area contributed by atoms with Crippen LogP contribution in [0.5, 0.6) is 5.75 Å². The van der Waals surface area contributed by atoms with E-state index in [9.17, 15) is 4.39 Å². The van der Waals surface area contributed by atoms with Crippen molar-refractivity contribution in [1.29, 1.82) is 0 Å². The number of rotatable bonds is 6. The van der Waals surface area contributed by atoms with Gasteiger partial charge in [-0.2, -0.15) is 0 Å². The largest absolute Gasteiger partial charge is 0.486 e. The smallest absolute Gasteiger partial charge is 0.165 e. The zero-order valence-corrected chi connectivity index (χ0v) is 13.1. The lowest BCUT2D eigenvalue weighted by atomic mass is 10.2. The lowest BCUT2D eigenvalue weighted by Gasteiger charge is -2.06. The van der Waals surface area contributed by atoms with Gasteiger partial charge in [0.1, 0.15) is 18.1 Å². The molecule has 1 aromatic carbocycles. The van der Waals surface area contributed by atoms with Crippen molar-refractivity contribution in [2.24, 2.45) is 0 Å². The number of furan rings is 1. The van der Waals surface area contributed by atoms with Crippen LogP contribution in [0.25, 0.3) is 0 Å². The molecule has 0 amide bonds. The maximum absolute atomic E-state index is 13.6. The quantitative estimate of drug-likeness (QED) is 0.855. The van der Waals surface area contributed by atoms with Gasteiger partial charge in [0.05, 0.1) is 6.54 Å². The molecule has 2 rings (SSSR count). The van der Waals surface area contributed by atoms with E-state index in [1.807, 2.05) is 19.9 Å². The first-order valence-corrected chi connectivity index (χ1v) is 7.26. The van der Waals surface area contributed by atoms with Gasteiger partial charge in [0.15, 0.2) is 11.6 Å². The molecule has 1 N–H and O–H groups in total. The molecule has 0 bridgehead atoms. The van der Waals surface area contributed by atoms with Crippen LogP contribution < -0.4 is 10.1 Å². The fourth-order valence-electron chi connectivity index (χ4n) is 1.81. The van der Waals surface area contributed by atoms with Crippen LogP contribution in [0, 0.1) is 12.7 Å². The fraction of sp³-hybridized carbons (Fsp3) is 0.333. The van der Waals surface area contributed by atoms with E-state index in [1.54, 1.807) is 12.1 Å². The third-order valence-electron chi connectivity index (χ3n) is 2.90. The minimum absolute atomic E-state index is 0.230. The Morgan fingerprint density at radius 3 is 2.90 bits per heavy atom. The average molecular weight is 342 g/mol. The summed E-state index contributed by atoms with van der Waals surface area (Å²) >= 11 is 3.30. The molecule has 1 heterocycles. The van der Waals surface area contributed by atoms with Crippen LogP contribution in [-0.2, 0) is 13.2 Å². The van der Waals surface area contributed by atoms with Crippen LogP contribution in [0.15, 0.2) is 33.2 Å². The van der Waals surface area contributed by atoms with E-state index < -0.39 is 0 Å². The highest BCUT2D eigenvalue weighted by atomic mass is 79.9. The number of nitrogens with one attached hydrogen (secondary N) is 1. The van der Waals surface area contributed by atoms with Crippen LogP contribution in [0.4, 0.5) is 4.39 Å². The Kier molecular flexibility index (Phi) is 5.20. The molecular formula is C15H17BrFNO2. The van der Waals surface area contributed by atoms with Crippen molar-refractivity contribution in [2.75, 3.05) is 6.54 Å². The Hall–Kier alpha value is -1.33. The molecule has 0 aliphatic heterocycles. The molecular weight excluding hydrogens is 325 g/mol. The number of hydrogen-bond acceptors (Lipinski definition) is 3. The minimum atomic E-state index is -0.373. The summed E-state index contributed by atoms with van der Waals surface area (Å²) in [4.78, 5) is 0. The molecule has 0 saturated carbocycles. The van der Waals surface area contributed by atoms with Gasteiger partial charge < -0.3 is 14.5 Å². The SMILES string of the molecule is CCNCc1cc(COc2cc(Br)ccc2F)c(C)o1. The number of hydrogen-bond donors (Lipinski definition) is 1. The summed E-state index contributed by atoms with van der Waals surface area (Å²) in [7, 11) is 0. The molecule has 0 spiro atoms. The molecule has 0 saturated heterocycles. The molecule has 5 heteroatoms. The number of ether oxygens (including phenoxy) is 1. The Bertz CT molecular complexity index is 583. The average Bonchev–Trinajstić information content (AvgIpc) is 2.78. The zero-order chi connectivity index (χ0) is 14.5. The normalized spacial score (nSPS) is 10.8.